The normalized spacial score (nSPS) is 10.6. The number of nitrogens with zero attached hydrogens (tertiary/aromatic N) is 2. The highest BCUT2D eigenvalue weighted by Gasteiger charge is 2.14. The zero-order valence-electron chi connectivity index (χ0n) is 10.1. The first kappa shape index (κ1) is 12.4. The topological polar surface area (TPSA) is 86.9 Å². The Morgan fingerprint density at radius 3 is 2.56 bits per heavy atom. The Kier molecular flexibility index (Phi) is 3.00. The number of carbonyl (C=O) groups excluding carboxylic acids is 1. The summed E-state index contributed by atoms with van der Waals surface area (Å²) in [6, 6.07) is 4.81. The third-order valence-electron chi connectivity index (χ3n) is 2.75. The van der Waals surface area contributed by atoms with Crippen LogP contribution in [0.15, 0.2) is 18.2 Å². The molecule has 0 fully saturated rings. The van der Waals surface area contributed by atoms with Gasteiger partial charge in [0.2, 0.25) is 5.91 Å². The Morgan fingerprint density at radius 1 is 1.39 bits per heavy atom. The van der Waals surface area contributed by atoms with Crippen LogP contribution in [0.3, 0.4) is 0 Å². The van der Waals surface area contributed by atoms with Gasteiger partial charge < -0.3 is 11.5 Å². The number of hydrogen-bond acceptors (Lipinski definition) is 3. The second kappa shape index (κ2) is 4.34. The number of amides is 1. The molecule has 1 heterocycles. The van der Waals surface area contributed by atoms with Crippen molar-refractivity contribution >= 4 is 23.2 Å². The summed E-state index contributed by atoms with van der Waals surface area (Å²) in [7, 11) is 0. The van der Waals surface area contributed by atoms with Crippen LogP contribution < -0.4 is 11.5 Å². The molecule has 4 N–H and O–H groups in total. The molecule has 0 saturated heterocycles. The summed E-state index contributed by atoms with van der Waals surface area (Å²) in [4.78, 5) is 11.2. The van der Waals surface area contributed by atoms with Gasteiger partial charge in [-0.05, 0) is 32.0 Å². The van der Waals surface area contributed by atoms with Gasteiger partial charge >= 0.3 is 0 Å². The number of hydrogen-bond donors (Lipinski definition) is 2. The maximum absolute atomic E-state index is 11.2. The molecule has 0 unspecified atom stereocenters. The third kappa shape index (κ3) is 1.93. The largest absolute Gasteiger partial charge is 0.397 e. The fraction of sp³-hybridized carbons (Fsp3) is 0.167. The van der Waals surface area contributed by atoms with Crippen molar-refractivity contribution in [2.45, 2.75) is 13.8 Å². The van der Waals surface area contributed by atoms with Crippen LogP contribution in [0.25, 0.3) is 5.69 Å². The number of carbonyl (C=O) groups is 1. The molecule has 0 aliphatic carbocycles. The van der Waals surface area contributed by atoms with E-state index in [1.807, 2.05) is 6.92 Å². The number of anilines is 1. The van der Waals surface area contributed by atoms with Crippen molar-refractivity contribution in [1.29, 1.82) is 0 Å². The molecule has 0 radical (unpaired) electrons. The number of aryl methyl sites for hydroxylation is 1. The lowest BCUT2D eigenvalue weighted by Gasteiger charge is -2.09. The van der Waals surface area contributed by atoms with Gasteiger partial charge in [0.25, 0.3) is 0 Å². The van der Waals surface area contributed by atoms with Crippen molar-refractivity contribution in [1.82, 2.24) is 9.78 Å². The molecule has 2 rings (SSSR count). The summed E-state index contributed by atoms with van der Waals surface area (Å²) in [5.41, 5.74) is 14.1. The van der Waals surface area contributed by atoms with Gasteiger partial charge in [-0.2, -0.15) is 5.10 Å². The first-order chi connectivity index (χ1) is 8.41. The van der Waals surface area contributed by atoms with Crippen LogP contribution >= 0.6 is 11.6 Å². The van der Waals surface area contributed by atoms with Crippen LogP contribution in [0.5, 0.6) is 0 Å². The minimum Gasteiger partial charge on any atom is -0.397 e. The predicted molar refractivity (Wildman–Crippen MR) is 71.0 cm³/mol. The van der Waals surface area contributed by atoms with Crippen molar-refractivity contribution in [3.05, 3.63) is 40.2 Å². The molecule has 0 aliphatic heterocycles. The van der Waals surface area contributed by atoms with Gasteiger partial charge in [-0.3, -0.25) is 4.79 Å². The standard InChI is InChI=1S/C12H13ClN4O/c1-6-11(13)7(2)17(16-6)10-5-8(12(15)18)3-4-9(10)14/h3-5H,14H2,1-2H3,(H2,15,18). The maximum Gasteiger partial charge on any atom is 0.248 e. The summed E-state index contributed by atoms with van der Waals surface area (Å²) < 4.78 is 1.61. The van der Waals surface area contributed by atoms with Crippen molar-refractivity contribution < 1.29 is 4.79 Å². The summed E-state index contributed by atoms with van der Waals surface area (Å²) in [6.45, 7) is 3.64. The Hall–Kier alpha value is -2.01. The van der Waals surface area contributed by atoms with E-state index in [0.717, 1.165) is 5.69 Å². The van der Waals surface area contributed by atoms with Gasteiger partial charge in [0.05, 0.1) is 27.8 Å². The fourth-order valence-corrected chi connectivity index (χ4v) is 1.86. The van der Waals surface area contributed by atoms with Crippen molar-refractivity contribution in [2.24, 2.45) is 5.73 Å². The average Bonchev–Trinajstić information content (AvgIpc) is 2.57. The molecule has 18 heavy (non-hydrogen) atoms. The SMILES string of the molecule is Cc1nn(-c2cc(C(N)=O)ccc2N)c(C)c1Cl. The van der Waals surface area contributed by atoms with E-state index < -0.39 is 5.91 Å². The molecule has 6 heteroatoms. The minimum atomic E-state index is -0.510. The molecule has 0 spiro atoms. The van der Waals surface area contributed by atoms with E-state index in [2.05, 4.69) is 5.10 Å². The molecule has 1 aromatic carbocycles. The van der Waals surface area contributed by atoms with Crippen LogP contribution in [0, 0.1) is 13.8 Å². The molecular formula is C12H13ClN4O. The summed E-state index contributed by atoms with van der Waals surface area (Å²) >= 11 is 6.09. The first-order valence-corrected chi connectivity index (χ1v) is 5.71. The van der Waals surface area contributed by atoms with E-state index in [4.69, 9.17) is 23.1 Å². The lowest BCUT2D eigenvalue weighted by Crippen LogP contribution is -2.13. The van der Waals surface area contributed by atoms with Crippen LogP contribution in [-0.4, -0.2) is 15.7 Å². The number of primary amides is 1. The van der Waals surface area contributed by atoms with Crippen molar-refractivity contribution in [3.63, 3.8) is 0 Å². The molecule has 0 atom stereocenters. The van der Waals surface area contributed by atoms with Gasteiger partial charge in [0.1, 0.15) is 0 Å². The van der Waals surface area contributed by atoms with Crippen molar-refractivity contribution in [3.8, 4) is 5.69 Å². The van der Waals surface area contributed by atoms with Crippen LogP contribution in [0.4, 0.5) is 5.69 Å². The molecular weight excluding hydrogens is 252 g/mol. The van der Waals surface area contributed by atoms with Crippen LogP contribution in [0.2, 0.25) is 5.02 Å². The van der Waals surface area contributed by atoms with Gasteiger partial charge in [-0.25, -0.2) is 4.68 Å². The fourth-order valence-electron chi connectivity index (χ4n) is 1.74. The number of nitrogen functional groups attached to an aromatic ring is 1. The van der Waals surface area contributed by atoms with Gasteiger partial charge in [0.15, 0.2) is 0 Å². The van der Waals surface area contributed by atoms with Gasteiger partial charge in [0, 0.05) is 5.56 Å². The van der Waals surface area contributed by atoms with E-state index in [-0.39, 0.29) is 0 Å². The molecule has 2 aromatic rings. The number of benzene rings is 1. The molecule has 1 amide bonds. The van der Waals surface area contributed by atoms with E-state index >= 15 is 0 Å². The van der Waals surface area contributed by atoms with Gasteiger partial charge in [-0.15, -0.1) is 0 Å². The monoisotopic (exact) mass is 264 g/mol. The second-order valence-electron chi connectivity index (χ2n) is 4.03. The zero-order chi connectivity index (χ0) is 13.4. The first-order valence-electron chi connectivity index (χ1n) is 5.33. The molecule has 0 bridgehead atoms. The quantitative estimate of drug-likeness (QED) is 0.811. The smallest absolute Gasteiger partial charge is 0.248 e. The molecule has 0 aliphatic rings. The summed E-state index contributed by atoms with van der Waals surface area (Å²) in [5, 5.41) is 4.88. The number of rotatable bonds is 2. The molecule has 94 valence electrons. The van der Waals surface area contributed by atoms with E-state index in [0.29, 0.717) is 27.7 Å². The van der Waals surface area contributed by atoms with E-state index in [1.165, 1.54) is 0 Å². The molecule has 5 nitrogen and oxygen atoms in total. The summed E-state index contributed by atoms with van der Waals surface area (Å²) in [6.07, 6.45) is 0. The average molecular weight is 265 g/mol. The lowest BCUT2D eigenvalue weighted by molar-refractivity contribution is 0.100. The zero-order valence-corrected chi connectivity index (χ0v) is 10.8. The number of nitrogens with two attached hydrogens (primary N) is 2. The van der Waals surface area contributed by atoms with Crippen molar-refractivity contribution in [2.75, 3.05) is 5.73 Å². The molecule has 1 aromatic heterocycles. The van der Waals surface area contributed by atoms with Gasteiger partial charge in [-0.1, -0.05) is 11.6 Å². The Bertz CT molecular complexity index is 633. The Morgan fingerprint density at radius 2 is 2.06 bits per heavy atom. The second-order valence-corrected chi connectivity index (χ2v) is 4.41. The van der Waals surface area contributed by atoms with Crippen LogP contribution in [-0.2, 0) is 0 Å². The number of halogens is 1. The third-order valence-corrected chi connectivity index (χ3v) is 3.29. The Balaban J connectivity index is 2.66. The Labute approximate surface area is 109 Å². The highest BCUT2D eigenvalue weighted by Crippen LogP contribution is 2.26. The number of aromatic nitrogens is 2. The van der Waals surface area contributed by atoms with E-state index in [9.17, 15) is 4.79 Å². The highest BCUT2D eigenvalue weighted by molar-refractivity contribution is 6.31. The molecule has 0 saturated carbocycles. The highest BCUT2D eigenvalue weighted by atomic mass is 35.5. The predicted octanol–water partition coefficient (Wildman–Crippen LogP) is 1.82. The summed E-state index contributed by atoms with van der Waals surface area (Å²) in [5.74, 6) is -0.510. The van der Waals surface area contributed by atoms with Crippen LogP contribution in [0.1, 0.15) is 21.7 Å². The maximum atomic E-state index is 11.2. The minimum absolute atomic E-state index is 0.378. The lowest BCUT2D eigenvalue weighted by atomic mass is 10.1. The van der Waals surface area contributed by atoms with E-state index in [1.54, 1.807) is 29.8 Å².